The van der Waals surface area contributed by atoms with Crippen LogP contribution in [0.25, 0.3) is 0 Å². The molecule has 0 fully saturated rings. The lowest BCUT2D eigenvalue weighted by molar-refractivity contribution is -0.136. The molecule has 0 radical (unpaired) electrons. The van der Waals surface area contributed by atoms with Crippen LogP contribution in [0.2, 0.25) is 0 Å². The molecule has 0 saturated carbocycles. The van der Waals surface area contributed by atoms with E-state index < -0.39 is 5.97 Å². The topological polar surface area (TPSA) is 37.3 Å². The van der Waals surface area contributed by atoms with Crippen molar-refractivity contribution in [2.75, 3.05) is 0 Å². The molecule has 0 bridgehead atoms. The van der Waals surface area contributed by atoms with Crippen molar-refractivity contribution in [1.82, 2.24) is 0 Å². The minimum Gasteiger partial charge on any atom is -0.481 e. The van der Waals surface area contributed by atoms with E-state index >= 15 is 0 Å². The number of carboxylic acid groups (broad SMARTS) is 1. The smallest absolute Gasteiger partial charge is 0.307 e. The first-order valence-corrected chi connectivity index (χ1v) is 2.70. The average Bonchev–Trinajstić information content (AvgIpc) is 1.82. The molecule has 0 saturated heterocycles. The normalized spacial score (nSPS) is 11.0. The van der Waals surface area contributed by atoms with Crippen LogP contribution in [0.3, 0.4) is 0 Å². The van der Waals surface area contributed by atoms with Gasteiger partial charge < -0.3 is 5.11 Å². The fraction of sp³-hybridized carbons (Fsp3) is 0.286. The van der Waals surface area contributed by atoms with E-state index in [2.05, 4.69) is 6.58 Å². The van der Waals surface area contributed by atoms with Gasteiger partial charge >= 0.3 is 5.97 Å². The molecule has 50 valence electrons. The van der Waals surface area contributed by atoms with E-state index in [1.54, 1.807) is 19.1 Å². The molecular formula is C7H10O2. The molecule has 0 atom stereocenters. The maximum Gasteiger partial charge on any atom is 0.307 e. The van der Waals surface area contributed by atoms with Crippen LogP contribution in [0.1, 0.15) is 13.3 Å². The van der Waals surface area contributed by atoms with Crippen molar-refractivity contribution in [3.63, 3.8) is 0 Å². The summed E-state index contributed by atoms with van der Waals surface area (Å²) in [6.45, 7) is 5.24. The molecule has 0 aromatic heterocycles. The van der Waals surface area contributed by atoms with Gasteiger partial charge in [0.25, 0.3) is 0 Å². The summed E-state index contributed by atoms with van der Waals surface area (Å²) in [7, 11) is 0. The predicted molar refractivity (Wildman–Crippen MR) is 36.2 cm³/mol. The van der Waals surface area contributed by atoms with Gasteiger partial charge in [0.1, 0.15) is 0 Å². The van der Waals surface area contributed by atoms with Gasteiger partial charge in [-0.05, 0) is 12.5 Å². The summed E-state index contributed by atoms with van der Waals surface area (Å²) >= 11 is 0. The van der Waals surface area contributed by atoms with E-state index in [0.29, 0.717) is 0 Å². The van der Waals surface area contributed by atoms with E-state index in [9.17, 15) is 4.79 Å². The van der Waals surface area contributed by atoms with Gasteiger partial charge in [-0.3, -0.25) is 4.79 Å². The summed E-state index contributed by atoms with van der Waals surface area (Å²) < 4.78 is 0. The van der Waals surface area contributed by atoms with Gasteiger partial charge in [0.2, 0.25) is 0 Å². The lowest BCUT2D eigenvalue weighted by Crippen LogP contribution is -1.94. The van der Waals surface area contributed by atoms with Crippen molar-refractivity contribution in [1.29, 1.82) is 0 Å². The van der Waals surface area contributed by atoms with E-state index in [1.165, 1.54) is 0 Å². The number of allylic oxidation sites excluding steroid dienone is 2. The maximum absolute atomic E-state index is 10.0. The zero-order chi connectivity index (χ0) is 7.28. The van der Waals surface area contributed by atoms with Crippen molar-refractivity contribution in [3.05, 3.63) is 24.3 Å². The Morgan fingerprint density at radius 1 is 1.78 bits per heavy atom. The Balaban J connectivity index is 3.86. The van der Waals surface area contributed by atoms with E-state index in [0.717, 1.165) is 5.57 Å². The monoisotopic (exact) mass is 126 g/mol. The molecular weight excluding hydrogens is 116 g/mol. The van der Waals surface area contributed by atoms with E-state index in [-0.39, 0.29) is 6.42 Å². The maximum atomic E-state index is 10.0. The lowest BCUT2D eigenvalue weighted by Gasteiger charge is -1.92. The first kappa shape index (κ1) is 7.95. The number of carbonyl (C=O) groups is 1. The summed E-state index contributed by atoms with van der Waals surface area (Å²) in [6, 6.07) is 0. The largest absolute Gasteiger partial charge is 0.481 e. The fourth-order valence-electron chi connectivity index (χ4n) is 0.467. The van der Waals surface area contributed by atoms with E-state index in [1.807, 2.05) is 0 Å². The van der Waals surface area contributed by atoms with Gasteiger partial charge in [0.15, 0.2) is 0 Å². The second-order valence-electron chi connectivity index (χ2n) is 1.64. The number of rotatable bonds is 3. The van der Waals surface area contributed by atoms with Crippen molar-refractivity contribution < 1.29 is 9.90 Å². The Bertz CT molecular complexity index is 145. The molecule has 1 N–H and O–H groups in total. The molecule has 0 aromatic carbocycles. The predicted octanol–water partition coefficient (Wildman–Crippen LogP) is 1.59. The molecule has 9 heavy (non-hydrogen) atoms. The highest BCUT2D eigenvalue weighted by atomic mass is 16.4. The molecule has 0 aliphatic rings. The van der Waals surface area contributed by atoms with Crippen molar-refractivity contribution in [2.24, 2.45) is 0 Å². The van der Waals surface area contributed by atoms with Crippen LogP contribution in [0.4, 0.5) is 0 Å². The molecule has 0 unspecified atom stereocenters. The quantitative estimate of drug-likeness (QED) is 0.583. The van der Waals surface area contributed by atoms with Crippen LogP contribution in [0.15, 0.2) is 24.3 Å². The minimum absolute atomic E-state index is 0.0694. The minimum atomic E-state index is -0.817. The Kier molecular flexibility index (Phi) is 3.44. The summed E-state index contributed by atoms with van der Waals surface area (Å²) in [5, 5.41) is 8.26. The number of hydrogen-bond donors (Lipinski definition) is 1. The van der Waals surface area contributed by atoms with Gasteiger partial charge in [-0.15, -0.1) is 0 Å². The third kappa shape index (κ3) is 3.53. The Labute approximate surface area is 54.5 Å². The summed E-state index contributed by atoms with van der Waals surface area (Å²) in [4.78, 5) is 10.0. The van der Waals surface area contributed by atoms with Crippen LogP contribution in [0, 0.1) is 0 Å². The molecule has 0 amide bonds. The number of hydrogen-bond acceptors (Lipinski definition) is 1. The summed E-state index contributed by atoms with van der Waals surface area (Å²) in [5.41, 5.74) is 0.752. The van der Waals surface area contributed by atoms with Crippen molar-refractivity contribution in [3.8, 4) is 0 Å². The zero-order valence-electron chi connectivity index (χ0n) is 5.42. The van der Waals surface area contributed by atoms with Gasteiger partial charge in [-0.25, -0.2) is 0 Å². The summed E-state index contributed by atoms with van der Waals surface area (Å²) in [5.74, 6) is -0.817. The van der Waals surface area contributed by atoms with E-state index in [4.69, 9.17) is 5.11 Å². The molecule has 0 spiro atoms. The first-order valence-electron chi connectivity index (χ1n) is 2.70. The Morgan fingerprint density at radius 2 is 2.33 bits per heavy atom. The highest BCUT2D eigenvalue weighted by molar-refractivity contribution is 5.70. The van der Waals surface area contributed by atoms with Gasteiger partial charge in [0, 0.05) is 0 Å². The van der Waals surface area contributed by atoms with Crippen molar-refractivity contribution in [2.45, 2.75) is 13.3 Å². The fourth-order valence-corrected chi connectivity index (χ4v) is 0.467. The first-order chi connectivity index (χ1) is 4.20. The van der Waals surface area contributed by atoms with Crippen LogP contribution in [-0.4, -0.2) is 11.1 Å². The second-order valence-corrected chi connectivity index (χ2v) is 1.64. The molecule has 0 aliphatic heterocycles. The highest BCUT2D eigenvalue weighted by Crippen LogP contribution is 2.00. The van der Waals surface area contributed by atoms with Crippen molar-refractivity contribution >= 4 is 5.97 Å². The Morgan fingerprint density at radius 3 is 2.44 bits per heavy atom. The molecule has 0 aromatic rings. The number of carboxylic acids is 1. The Hall–Kier alpha value is -1.05. The average molecular weight is 126 g/mol. The van der Waals surface area contributed by atoms with Crippen LogP contribution in [0.5, 0.6) is 0 Å². The zero-order valence-corrected chi connectivity index (χ0v) is 5.42. The molecule has 0 aliphatic carbocycles. The SMILES string of the molecule is C=CC(=CC)CC(=O)O. The second kappa shape index (κ2) is 3.89. The van der Waals surface area contributed by atoms with Crippen LogP contribution >= 0.6 is 0 Å². The molecule has 2 heteroatoms. The van der Waals surface area contributed by atoms with Crippen LogP contribution in [-0.2, 0) is 4.79 Å². The third-order valence-corrected chi connectivity index (χ3v) is 0.988. The molecule has 0 heterocycles. The van der Waals surface area contributed by atoms with Gasteiger partial charge in [-0.2, -0.15) is 0 Å². The van der Waals surface area contributed by atoms with Gasteiger partial charge in [0.05, 0.1) is 6.42 Å². The van der Waals surface area contributed by atoms with Crippen LogP contribution < -0.4 is 0 Å². The van der Waals surface area contributed by atoms with Gasteiger partial charge in [-0.1, -0.05) is 18.7 Å². The lowest BCUT2D eigenvalue weighted by atomic mass is 10.2. The highest BCUT2D eigenvalue weighted by Gasteiger charge is 1.96. The molecule has 0 rings (SSSR count). The molecule has 2 nitrogen and oxygen atoms in total. The summed E-state index contributed by atoms with van der Waals surface area (Å²) in [6.07, 6.45) is 3.36. The number of aliphatic carboxylic acids is 1. The third-order valence-electron chi connectivity index (χ3n) is 0.988. The standard InChI is InChI=1S/C7H10O2/c1-3-6(4-2)5-7(8)9/h3-4H,1,5H2,2H3,(H,8,9).